The average Bonchev–Trinajstić information content (AvgIpc) is 2.90. The van der Waals surface area contributed by atoms with Gasteiger partial charge in [0.05, 0.1) is 11.7 Å². The molecule has 0 radical (unpaired) electrons. The predicted molar refractivity (Wildman–Crippen MR) is 87.0 cm³/mol. The zero-order valence-electron chi connectivity index (χ0n) is 14.0. The van der Waals surface area contributed by atoms with Crippen LogP contribution in [0.25, 0.3) is 0 Å². The lowest BCUT2D eigenvalue weighted by Crippen LogP contribution is -2.42. The van der Waals surface area contributed by atoms with E-state index < -0.39 is 0 Å². The maximum atomic E-state index is 12.4. The van der Waals surface area contributed by atoms with Crippen molar-refractivity contribution < 1.29 is 13.9 Å². The SMILES string of the molecule is Cc1cccc2c1OC[C@H](NC(=O)c1oc(C(C)C)nc1C)C2. The summed E-state index contributed by atoms with van der Waals surface area (Å²) in [6, 6.07) is 6.01. The number of aryl methyl sites for hydroxylation is 2. The van der Waals surface area contributed by atoms with Crippen molar-refractivity contribution in [1.82, 2.24) is 10.3 Å². The number of benzene rings is 1. The minimum absolute atomic E-state index is 0.0659. The van der Waals surface area contributed by atoms with Crippen LogP contribution in [0.2, 0.25) is 0 Å². The van der Waals surface area contributed by atoms with Gasteiger partial charge in [0.25, 0.3) is 5.91 Å². The van der Waals surface area contributed by atoms with Crippen molar-refractivity contribution >= 4 is 5.91 Å². The van der Waals surface area contributed by atoms with E-state index in [0.29, 0.717) is 24.0 Å². The number of carbonyl (C=O) groups excluding carboxylic acids is 1. The van der Waals surface area contributed by atoms with E-state index in [0.717, 1.165) is 23.3 Å². The highest BCUT2D eigenvalue weighted by molar-refractivity contribution is 5.92. The number of rotatable bonds is 3. The molecule has 1 N–H and O–H groups in total. The molecule has 5 nitrogen and oxygen atoms in total. The molecule has 122 valence electrons. The molecule has 2 heterocycles. The number of hydrogen-bond donors (Lipinski definition) is 1. The van der Waals surface area contributed by atoms with E-state index in [1.807, 2.05) is 39.0 Å². The standard InChI is InChI=1S/C18H22N2O3/c1-10(2)18-19-12(4)16(23-18)17(21)20-14-8-13-7-5-6-11(3)15(13)22-9-14/h5-7,10,14H,8-9H2,1-4H3,(H,20,21)/t14-/m1/s1. The summed E-state index contributed by atoms with van der Waals surface area (Å²) < 4.78 is 11.4. The first kappa shape index (κ1) is 15.6. The second-order valence-electron chi connectivity index (χ2n) is 6.37. The molecule has 2 aromatic rings. The van der Waals surface area contributed by atoms with Gasteiger partial charge >= 0.3 is 0 Å². The molecule has 1 aromatic carbocycles. The number of oxazole rings is 1. The Balaban J connectivity index is 1.72. The molecule has 0 fully saturated rings. The number of nitrogens with zero attached hydrogens (tertiary/aromatic N) is 1. The summed E-state index contributed by atoms with van der Waals surface area (Å²) >= 11 is 0. The lowest BCUT2D eigenvalue weighted by molar-refractivity contribution is 0.0884. The maximum Gasteiger partial charge on any atom is 0.289 e. The molecule has 0 bridgehead atoms. The molecule has 1 aliphatic heterocycles. The number of para-hydroxylation sites is 1. The second-order valence-corrected chi connectivity index (χ2v) is 6.37. The van der Waals surface area contributed by atoms with Gasteiger partial charge in [-0.1, -0.05) is 32.0 Å². The van der Waals surface area contributed by atoms with Crippen molar-refractivity contribution in [2.45, 2.75) is 46.1 Å². The van der Waals surface area contributed by atoms with Crippen LogP contribution in [0, 0.1) is 13.8 Å². The molecule has 23 heavy (non-hydrogen) atoms. The zero-order valence-corrected chi connectivity index (χ0v) is 14.0. The number of amides is 1. The van der Waals surface area contributed by atoms with Crippen LogP contribution in [0.5, 0.6) is 5.75 Å². The molecular weight excluding hydrogens is 292 g/mol. The summed E-state index contributed by atoms with van der Waals surface area (Å²) in [5, 5.41) is 2.99. The van der Waals surface area contributed by atoms with Crippen molar-refractivity contribution in [1.29, 1.82) is 0 Å². The summed E-state index contributed by atoms with van der Waals surface area (Å²) in [6.45, 7) is 8.26. The number of aromatic nitrogens is 1. The number of carbonyl (C=O) groups is 1. The highest BCUT2D eigenvalue weighted by atomic mass is 16.5. The van der Waals surface area contributed by atoms with Gasteiger partial charge in [0, 0.05) is 5.92 Å². The largest absolute Gasteiger partial charge is 0.491 e. The lowest BCUT2D eigenvalue weighted by atomic mass is 10.00. The van der Waals surface area contributed by atoms with E-state index in [2.05, 4.69) is 10.3 Å². The third-order valence-corrected chi connectivity index (χ3v) is 4.04. The van der Waals surface area contributed by atoms with Gasteiger partial charge in [-0.3, -0.25) is 4.79 Å². The number of fused-ring (bicyclic) bond motifs is 1. The first-order chi connectivity index (χ1) is 11.0. The third kappa shape index (κ3) is 3.09. The summed E-state index contributed by atoms with van der Waals surface area (Å²) in [5.41, 5.74) is 2.87. The Kier molecular flexibility index (Phi) is 4.11. The molecule has 3 rings (SSSR count). The highest BCUT2D eigenvalue weighted by Gasteiger charge is 2.25. The molecule has 1 amide bonds. The van der Waals surface area contributed by atoms with Crippen molar-refractivity contribution in [2.75, 3.05) is 6.61 Å². The molecule has 0 spiro atoms. The van der Waals surface area contributed by atoms with E-state index >= 15 is 0 Å². The van der Waals surface area contributed by atoms with Gasteiger partial charge in [0.1, 0.15) is 12.4 Å². The molecule has 0 saturated carbocycles. The van der Waals surface area contributed by atoms with Crippen LogP contribution in [-0.2, 0) is 6.42 Å². The fourth-order valence-corrected chi connectivity index (χ4v) is 2.81. The Morgan fingerprint density at radius 3 is 2.83 bits per heavy atom. The summed E-state index contributed by atoms with van der Waals surface area (Å²) in [4.78, 5) is 16.8. The minimum Gasteiger partial charge on any atom is -0.491 e. The number of hydrogen-bond acceptors (Lipinski definition) is 4. The molecule has 0 aliphatic carbocycles. The Bertz CT molecular complexity index is 734. The average molecular weight is 314 g/mol. The van der Waals surface area contributed by atoms with Gasteiger partial charge in [0.2, 0.25) is 5.76 Å². The summed E-state index contributed by atoms with van der Waals surface area (Å²) in [7, 11) is 0. The quantitative estimate of drug-likeness (QED) is 0.945. The maximum absolute atomic E-state index is 12.4. The molecular formula is C18H22N2O3. The summed E-state index contributed by atoms with van der Waals surface area (Å²) in [5.74, 6) is 1.75. The van der Waals surface area contributed by atoms with E-state index in [1.165, 1.54) is 0 Å². The first-order valence-corrected chi connectivity index (χ1v) is 7.95. The Hall–Kier alpha value is -2.30. The van der Waals surface area contributed by atoms with Crippen LogP contribution in [0.4, 0.5) is 0 Å². The van der Waals surface area contributed by atoms with Crippen molar-refractivity contribution in [3.05, 3.63) is 46.7 Å². The Labute approximate surface area is 136 Å². The first-order valence-electron chi connectivity index (χ1n) is 7.95. The predicted octanol–water partition coefficient (Wildman–Crippen LogP) is 3.15. The van der Waals surface area contributed by atoms with Crippen molar-refractivity contribution in [3.63, 3.8) is 0 Å². The van der Waals surface area contributed by atoms with Gasteiger partial charge in [-0.05, 0) is 31.4 Å². The van der Waals surface area contributed by atoms with Gasteiger partial charge in [-0.2, -0.15) is 0 Å². The van der Waals surface area contributed by atoms with Gasteiger partial charge in [0.15, 0.2) is 5.89 Å². The van der Waals surface area contributed by atoms with Crippen LogP contribution < -0.4 is 10.1 Å². The molecule has 1 atom stereocenters. The van der Waals surface area contributed by atoms with E-state index in [9.17, 15) is 4.79 Å². The van der Waals surface area contributed by atoms with Gasteiger partial charge < -0.3 is 14.5 Å². The van der Waals surface area contributed by atoms with Crippen molar-refractivity contribution in [2.24, 2.45) is 0 Å². The normalized spacial score (nSPS) is 16.8. The fourth-order valence-electron chi connectivity index (χ4n) is 2.81. The van der Waals surface area contributed by atoms with Gasteiger partial charge in [-0.25, -0.2) is 4.98 Å². The van der Waals surface area contributed by atoms with Crippen molar-refractivity contribution in [3.8, 4) is 5.75 Å². The zero-order chi connectivity index (χ0) is 16.6. The van der Waals surface area contributed by atoms with Crippen LogP contribution in [0.1, 0.15) is 53.0 Å². The molecule has 1 aromatic heterocycles. The van der Waals surface area contributed by atoms with Crippen LogP contribution in [-0.4, -0.2) is 23.5 Å². The summed E-state index contributed by atoms with van der Waals surface area (Å²) in [6.07, 6.45) is 0.757. The van der Waals surface area contributed by atoms with Crippen LogP contribution in [0.15, 0.2) is 22.6 Å². The smallest absolute Gasteiger partial charge is 0.289 e. The molecule has 0 saturated heterocycles. The van der Waals surface area contributed by atoms with E-state index in [-0.39, 0.29) is 17.9 Å². The van der Waals surface area contributed by atoms with E-state index in [4.69, 9.17) is 9.15 Å². The fraction of sp³-hybridized carbons (Fsp3) is 0.444. The van der Waals surface area contributed by atoms with Crippen LogP contribution >= 0.6 is 0 Å². The molecule has 0 unspecified atom stereocenters. The molecule has 1 aliphatic rings. The number of nitrogens with one attached hydrogen (secondary N) is 1. The number of ether oxygens (including phenoxy) is 1. The van der Waals surface area contributed by atoms with Crippen LogP contribution in [0.3, 0.4) is 0 Å². The van der Waals surface area contributed by atoms with Gasteiger partial charge in [-0.15, -0.1) is 0 Å². The highest BCUT2D eigenvalue weighted by Crippen LogP contribution is 2.28. The van der Waals surface area contributed by atoms with E-state index in [1.54, 1.807) is 6.92 Å². The Morgan fingerprint density at radius 1 is 1.35 bits per heavy atom. The lowest BCUT2D eigenvalue weighted by Gasteiger charge is -2.27. The second kappa shape index (κ2) is 6.07. The molecule has 5 heteroatoms. The monoisotopic (exact) mass is 314 g/mol. The third-order valence-electron chi connectivity index (χ3n) is 4.04. The minimum atomic E-state index is -0.230. The Morgan fingerprint density at radius 2 is 2.13 bits per heavy atom. The topological polar surface area (TPSA) is 64.4 Å².